The molecule has 0 spiro atoms. The Morgan fingerprint density at radius 3 is 2.18 bits per heavy atom. The zero-order valence-corrected chi connectivity index (χ0v) is 13.9. The summed E-state index contributed by atoms with van der Waals surface area (Å²) in [5.74, 6) is 0.161. The molecular weight excluding hydrogens is 284 g/mol. The number of nitrogens with one attached hydrogen (secondary N) is 1. The van der Waals surface area contributed by atoms with E-state index in [0.717, 1.165) is 13.1 Å². The average Bonchev–Trinajstić information content (AvgIpc) is 2.47. The Kier molecular flexibility index (Phi) is 6.02. The van der Waals surface area contributed by atoms with E-state index in [0.29, 0.717) is 39.3 Å². The summed E-state index contributed by atoms with van der Waals surface area (Å²) in [7, 11) is 0. The summed E-state index contributed by atoms with van der Waals surface area (Å²) in [5.41, 5.74) is 0. The largest absolute Gasteiger partial charge is 0.372 e. The first-order chi connectivity index (χ1) is 10.5. The van der Waals surface area contributed by atoms with Gasteiger partial charge in [-0.2, -0.15) is 0 Å². The van der Waals surface area contributed by atoms with Gasteiger partial charge in [-0.1, -0.05) is 0 Å². The van der Waals surface area contributed by atoms with Crippen LogP contribution in [0.4, 0.5) is 4.79 Å². The molecule has 0 saturated carbocycles. The standard InChI is InChI=1S/C15H28N4O3/c1-4-16-15(21)18-7-5-17(6-8-18)11-14(20)19-9-12(2)22-13(3)10-19/h12-13H,4-11H2,1-3H3,(H,16,21). The summed E-state index contributed by atoms with van der Waals surface area (Å²) in [5, 5.41) is 2.81. The van der Waals surface area contributed by atoms with Crippen LogP contribution in [-0.4, -0.2) is 91.2 Å². The summed E-state index contributed by atoms with van der Waals surface area (Å²) in [4.78, 5) is 30.0. The summed E-state index contributed by atoms with van der Waals surface area (Å²) in [6.45, 7) is 11.2. The highest BCUT2D eigenvalue weighted by atomic mass is 16.5. The van der Waals surface area contributed by atoms with Gasteiger partial charge in [0.1, 0.15) is 0 Å². The van der Waals surface area contributed by atoms with Crippen LogP contribution in [0.2, 0.25) is 0 Å². The van der Waals surface area contributed by atoms with E-state index in [9.17, 15) is 9.59 Å². The molecule has 22 heavy (non-hydrogen) atoms. The van der Waals surface area contributed by atoms with Crippen LogP contribution in [-0.2, 0) is 9.53 Å². The molecule has 2 heterocycles. The minimum atomic E-state index is -0.00990. The number of amides is 3. The second kappa shape index (κ2) is 7.78. The molecule has 2 aliphatic heterocycles. The zero-order chi connectivity index (χ0) is 16.1. The Labute approximate surface area is 132 Å². The first-order valence-corrected chi connectivity index (χ1v) is 8.18. The minimum Gasteiger partial charge on any atom is -0.372 e. The molecule has 126 valence electrons. The molecule has 3 amide bonds. The number of carbonyl (C=O) groups excluding carboxylic acids is 2. The van der Waals surface area contributed by atoms with Gasteiger partial charge in [-0.05, 0) is 20.8 Å². The van der Waals surface area contributed by atoms with E-state index >= 15 is 0 Å². The van der Waals surface area contributed by atoms with Gasteiger partial charge in [0.2, 0.25) is 5.91 Å². The van der Waals surface area contributed by atoms with Crippen LogP contribution in [0.3, 0.4) is 0 Å². The van der Waals surface area contributed by atoms with Gasteiger partial charge < -0.3 is 19.9 Å². The van der Waals surface area contributed by atoms with E-state index in [2.05, 4.69) is 10.2 Å². The Hall–Kier alpha value is -1.34. The van der Waals surface area contributed by atoms with Gasteiger partial charge in [0, 0.05) is 45.8 Å². The average molecular weight is 312 g/mol. The fourth-order valence-corrected chi connectivity index (χ4v) is 3.04. The number of piperazine rings is 1. The van der Waals surface area contributed by atoms with Crippen molar-refractivity contribution in [3.63, 3.8) is 0 Å². The zero-order valence-electron chi connectivity index (χ0n) is 13.9. The molecule has 2 saturated heterocycles. The quantitative estimate of drug-likeness (QED) is 0.795. The van der Waals surface area contributed by atoms with Gasteiger partial charge in [-0.3, -0.25) is 9.69 Å². The second-order valence-corrected chi connectivity index (χ2v) is 6.15. The maximum atomic E-state index is 12.4. The van der Waals surface area contributed by atoms with Crippen molar-refractivity contribution in [3.05, 3.63) is 0 Å². The van der Waals surface area contributed by atoms with Crippen molar-refractivity contribution in [1.29, 1.82) is 0 Å². The van der Waals surface area contributed by atoms with Crippen LogP contribution in [0.5, 0.6) is 0 Å². The van der Waals surface area contributed by atoms with Gasteiger partial charge >= 0.3 is 6.03 Å². The van der Waals surface area contributed by atoms with Crippen molar-refractivity contribution in [2.45, 2.75) is 33.0 Å². The number of rotatable bonds is 3. The van der Waals surface area contributed by atoms with E-state index in [-0.39, 0.29) is 24.1 Å². The minimum absolute atomic E-state index is 0.00990. The van der Waals surface area contributed by atoms with Crippen molar-refractivity contribution < 1.29 is 14.3 Å². The van der Waals surface area contributed by atoms with Gasteiger partial charge in [-0.15, -0.1) is 0 Å². The van der Waals surface area contributed by atoms with Crippen LogP contribution in [0.15, 0.2) is 0 Å². The van der Waals surface area contributed by atoms with Gasteiger partial charge in [0.15, 0.2) is 0 Å². The third-order valence-electron chi connectivity index (χ3n) is 4.12. The number of urea groups is 1. The van der Waals surface area contributed by atoms with Crippen LogP contribution >= 0.6 is 0 Å². The number of morpholine rings is 1. The van der Waals surface area contributed by atoms with Crippen molar-refractivity contribution >= 4 is 11.9 Å². The molecule has 0 radical (unpaired) electrons. The molecule has 0 bridgehead atoms. The molecule has 7 nitrogen and oxygen atoms in total. The topological polar surface area (TPSA) is 65.1 Å². The Balaban J connectivity index is 1.76. The first-order valence-electron chi connectivity index (χ1n) is 8.18. The van der Waals surface area contributed by atoms with E-state index in [1.54, 1.807) is 0 Å². The van der Waals surface area contributed by atoms with Gasteiger partial charge in [0.25, 0.3) is 0 Å². The van der Waals surface area contributed by atoms with Crippen molar-refractivity contribution in [2.75, 3.05) is 52.4 Å². The molecule has 0 aromatic heterocycles. The number of nitrogens with zero attached hydrogens (tertiary/aromatic N) is 3. The highest BCUT2D eigenvalue weighted by Crippen LogP contribution is 2.11. The molecule has 2 aliphatic rings. The number of hydrogen-bond donors (Lipinski definition) is 1. The molecule has 2 rings (SSSR count). The highest BCUT2D eigenvalue weighted by molar-refractivity contribution is 5.78. The Morgan fingerprint density at radius 2 is 1.64 bits per heavy atom. The predicted octanol–water partition coefficient (Wildman–Crippen LogP) is -0.0307. The summed E-state index contributed by atoms with van der Waals surface area (Å²) < 4.78 is 5.66. The third kappa shape index (κ3) is 4.58. The van der Waals surface area contributed by atoms with Crippen molar-refractivity contribution in [1.82, 2.24) is 20.0 Å². The molecule has 0 aromatic carbocycles. The molecule has 1 N–H and O–H groups in total. The van der Waals surface area contributed by atoms with Crippen molar-refractivity contribution in [2.24, 2.45) is 0 Å². The molecule has 0 aromatic rings. The Bertz CT molecular complexity index is 386. The lowest BCUT2D eigenvalue weighted by molar-refractivity contribution is -0.144. The Morgan fingerprint density at radius 1 is 1.05 bits per heavy atom. The van der Waals surface area contributed by atoms with E-state index in [4.69, 9.17) is 4.74 Å². The lowest BCUT2D eigenvalue weighted by Gasteiger charge is -2.38. The number of carbonyl (C=O) groups is 2. The SMILES string of the molecule is CCNC(=O)N1CCN(CC(=O)N2CC(C)OC(C)C2)CC1. The molecule has 7 heteroatoms. The smallest absolute Gasteiger partial charge is 0.317 e. The normalized spacial score (nSPS) is 26.9. The van der Waals surface area contributed by atoms with E-state index in [1.807, 2.05) is 30.6 Å². The van der Waals surface area contributed by atoms with Crippen LogP contribution in [0.1, 0.15) is 20.8 Å². The highest BCUT2D eigenvalue weighted by Gasteiger charge is 2.28. The summed E-state index contributed by atoms with van der Waals surface area (Å²) in [6.07, 6.45) is 0.199. The fourth-order valence-electron chi connectivity index (χ4n) is 3.04. The fraction of sp³-hybridized carbons (Fsp3) is 0.867. The van der Waals surface area contributed by atoms with Gasteiger partial charge in [-0.25, -0.2) is 4.79 Å². The van der Waals surface area contributed by atoms with Crippen LogP contribution in [0.25, 0.3) is 0 Å². The van der Waals surface area contributed by atoms with Crippen LogP contribution < -0.4 is 5.32 Å². The molecule has 2 unspecified atom stereocenters. The predicted molar refractivity (Wildman–Crippen MR) is 83.7 cm³/mol. The van der Waals surface area contributed by atoms with Crippen molar-refractivity contribution in [3.8, 4) is 0 Å². The van der Waals surface area contributed by atoms with E-state index in [1.165, 1.54) is 0 Å². The number of ether oxygens (including phenoxy) is 1. The van der Waals surface area contributed by atoms with Crippen LogP contribution in [0, 0.1) is 0 Å². The first kappa shape index (κ1) is 17.0. The second-order valence-electron chi connectivity index (χ2n) is 6.15. The lowest BCUT2D eigenvalue weighted by atomic mass is 10.2. The van der Waals surface area contributed by atoms with Gasteiger partial charge in [0.05, 0.1) is 18.8 Å². The molecule has 2 atom stereocenters. The lowest BCUT2D eigenvalue weighted by Crippen LogP contribution is -2.55. The third-order valence-corrected chi connectivity index (χ3v) is 4.12. The molecule has 0 aliphatic carbocycles. The summed E-state index contributed by atoms with van der Waals surface area (Å²) in [6, 6.07) is -0.00990. The van der Waals surface area contributed by atoms with E-state index < -0.39 is 0 Å². The number of hydrogen-bond acceptors (Lipinski definition) is 4. The maximum absolute atomic E-state index is 12.4. The molecule has 2 fully saturated rings. The maximum Gasteiger partial charge on any atom is 0.317 e. The summed E-state index contributed by atoms with van der Waals surface area (Å²) >= 11 is 0. The monoisotopic (exact) mass is 312 g/mol. The molecular formula is C15H28N4O3.